The van der Waals surface area contributed by atoms with E-state index in [0.717, 1.165) is 32.5 Å². The predicted octanol–water partition coefficient (Wildman–Crippen LogP) is 0.911. The van der Waals surface area contributed by atoms with Gasteiger partial charge in [0.25, 0.3) is 0 Å². The van der Waals surface area contributed by atoms with Gasteiger partial charge >= 0.3 is 6.09 Å². The summed E-state index contributed by atoms with van der Waals surface area (Å²) >= 11 is 0. The van der Waals surface area contributed by atoms with E-state index in [9.17, 15) is 4.79 Å². The zero-order valence-electron chi connectivity index (χ0n) is 7.62. The Labute approximate surface area is 77.6 Å². The van der Waals surface area contributed by atoms with Gasteiger partial charge in [-0.1, -0.05) is 0 Å². The third kappa shape index (κ3) is 2.34. The monoisotopic (exact) mass is 185 g/mol. The first-order valence-corrected chi connectivity index (χ1v) is 4.87. The van der Waals surface area contributed by atoms with Crippen molar-refractivity contribution in [3.05, 3.63) is 0 Å². The second-order valence-corrected chi connectivity index (χ2v) is 3.70. The smallest absolute Gasteiger partial charge is 0.407 e. The topological polar surface area (TPSA) is 47.6 Å². The molecule has 13 heavy (non-hydrogen) atoms. The molecule has 1 amide bonds. The minimum atomic E-state index is -0.267. The highest BCUT2D eigenvalue weighted by atomic mass is 16.6. The van der Waals surface area contributed by atoms with Crippen molar-refractivity contribution >= 4 is 6.09 Å². The van der Waals surface area contributed by atoms with Crippen molar-refractivity contribution in [2.75, 3.05) is 19.8 Å². The zero-order chi connectivity index (χ0) is 9.10. The Kier molecular flexibility index (Phi) is 2.68. The van der Waals surface area contributed by atoms with Crippen molar-refractivity contribution < 1.29 is 14.3 Å². The molecule has 0 aromatic carbocycles. The Bertz CT molecular complexity index is 189. The highest BCUT2D eigenvalue weighted by molar-refractivity contribution is 5.69. The van der Waals surface area contributed by atoms with Crippen LogP contribution in [-0.2, 0) is 9.47 Å². The van der Waals surface area contributed by atoms with E-state index in [0.29, 0.717) is 12.5 Å². The first-order chi connectivity index (χ1) is 6.34. The van der Waals surface area contributed by atoms with Gasteiger partial charge in [-0.2, -0.15) is 0 Å². The van der Waals surface area contributed by atoms with Crippen molar-refractivity contribution in [2.45, 2.75) is 25.4 Å². The van der Waals surface area contributed by atoms with Gasteiger partial charge in [-0.25, -0.2) is 4.79 Å². The number of ether oxygens (including phenoxy) is 2. The molecule has 2 heterocycles. The van der Waals surface area contributed by atoms with E-state index in [1.165, 1.54) is 0 Å². The van der Waals surface area contributed by atoms with Gasteiger partial charge in [-0.15, -0.1) is 0 Å². The van der Waals surface area contributed by atoms with Crippen LogP contribution in [0.25, 0.3) is 0 Å². The van der Waals surface area contributed by atoms with E-state index in [1.54, 1.807) is 0 Å². The average Bonchev–Trinajstić information content (AvgIpc) is 2.53. The van der Waals surface area contributed by atoms with Crippen LogP contribution >= 0.6 is 0 Å². The highest BCUT2D eigenvalue weighted by Crippen LogP contribution is 2.22. The fraction of sp³-hybridized carbons (Fsp3) is 0.889. The van der Waals surface area contributed by atoms with Crippen molar-refractivity contribution in [1.29, 1.82) is 0 Å². The van der Waals surface area contributed by atoms with Gasteiger partial charge in [0.05, 0.1) is 6.54 Å². The summed E-state index contributed by atoms with van der Waals surface area (Å²) in [4.78, 5) is 10.7. The van der Waals surface area contributed by atoms with Gasteiger partial charge in [-0.05, 0) is 25.2 Å². The van der Waals surface area contributed by atoms with Gasteiger partial charge in [0.2, 0.25) is 0 Å². The maximum absolute atomic E-state index is 10.7. The maximum atomic E-state index is 10.7. The lowest BCUT2D eigenvalue weighted by Gasteiger charge is -2.23. The number of carbonyl (C=O) groups excluding carboxylic acids is 1. The van der Waals surface area contributed by atoms with Crippen LogP contribution in [0, 0.1) is 5.92 Å². The summed E-state index contributed by atoms with van der Waals surface area (Å²) in [5, 5.41) is 2.67. The number of amides is 1. The molecule has 0 aromatic heterocycles. The highest BCUT2D eigenvalue weighted by Gasteiger charge is 2.26. The third-order valence-electron chi connectivity index (χ3n) is 2.68. The molecule has 4 nitrogen and oxygen atoms in total. The number of carbonyl (C=O) groups is 1. The fourth-order valence-electron chi connectivity index (χ4n) is 1.92. The molecule has 1 unspecified atom stereocenters. The van der Waals surface area contributed by atoms with Crippen LogP contribution in [-0.4, -0.2) is 32.0 Å². The zero-order valence-corrected chi connectivity index (χ0v) is 7.62. The number of alkyl carbamates (subject to hydrolysis) is 1. The second kappa shape index (κ2) is 3.96. The molecule has 2 aliphatic heterocycles. The lowest BCUT2D eigenvalue weighted by Crippen LogP contribution is -2.23. The molecule has 0 spiro atoms. The molecular formula is C9H15NO3. The molecule has 0 radical (unpaired) electrons. The summed E-state index contributed by atoms with van der Waals surface area (Å²) in [5.41, 5.74) is 0. The molecule has 0 bridgehead atoms. The Morgan fingerprint density at radius 3 is 2.77 bits per heavy atom. The number of cyclic esters (lactones) is 1. The van der Waals surface area contributed by atoms with Gasteiger partial charge in [-0.3, -0.25) is 0 Å². The summed E-state index contributed by atoms with van der Waals surface area (Å²) in [6, 6.07) is 0. The quantitative estimate of drug-likeness (QED) is 0.695. The molecule has 1 atom stereocenters. The van der Waals surface area contributed by atoms with Crippen molar-refractivity contribution in [2.24, 2.45) is 5.92 Å². The number of hydrogen-bond acceptors (Lipinski definition) is 3. The van der Waals surface area contributed by atoms with Crippen LogP contribution in [0.4, 0.5) is 4.79 Å². The van der Waals surface area contributed by atoms with Gasteiger partial charge < -0.3 is 14.8 Å². The molecule has 2 saturated heterocycles. The van der Waals surface area contributed by atoms with E-state index >= 15 is 0 Å². The molecule has 74 valence electrons. The minimum absolute atomic E-state index is 0.0931. The van der Waals surface area contributed by atoms with Crippen LogP contribution in [0.15, 0.2) is 0 Å². The summed E-state index contributed by atoms with van der Waals surface area (Å²) in [7, 11) is 0. The van der Waals surface area contributed by atoms with Gasteiger partial charge in [0.1, 0.15) is 6.10 Å². The Morgan fingerprint density at radius 1 is 1.38 bits per heavy atom. The normalized spacial score (nSPS) is 29.8. The molecule has 0 aliphatic carbocycles. The number of hydrogen-bond donors (Lipinski definition) is 1. The summed E-state index contributed by atoms with van der Waals surface area (Å²) < 4.78 is 10.3. The first kappa shape index (κ1) is 8.81. The molecule has 0 aromatic rings. The molecule has 0 saturated carbocycles. The fourth-order valence-corrected chi connectivity index (χ4v) is 1.92. The lowest BCUT2D eigenvalue weighted by atomic mass is 9.94. The standard InChI is InChI=1S/C9H15NO3/c11-9-10-6-8(13-9)5-7-1-3-12-4-2-7/h7-8H,1-6H2,(H,10,11). The Hall–Kier alpha value is -0.770. The van der Waals surface area contributed by atoms with Gasteiger partial charge in [0, 0.05) is 13.2 Å². The van der Waals surface area contributed by atoms with Crippen LogP contribution in [0.2, 0.25) is 0 Å². The van der Waals surface area contributed by atoms with Crippen LogP contribution in [0.5, 0.6) is 0 Å². The average molecular weight is 185 g/mol. The molecule has 2 fully saturated rings. The van der Waals surface area contributed by atoms with E-state index in [4.69, 9.17) is 9.47 Å². The SMILES string of the molecule is O=C1NCC(CC2CCOCC2)O1. The van der Waals surface area contributed by atoms with Crippen molar-refractivity contribution in [3.8, 4) is 0 Å². The van der Waals surface area contributed by atoms with Gasteiger partial charge in [0.15, 0.2) is 0 Å². The maximum Gasteiger partial charge on any atom is 0.407 e. The Balaban J connectivity index is 1.73. The summed E-state index contributed by atoms with van der Waals surface area (Å²) in [6.45, 7) is 2.40. The first-order valence-electron chi connectivity index (χ1n) is 4.87. The minimum Gasteiger partial charge on any atom is -0.444 e. The van der Waals surface area contributed by atoms with Crippen LogP contribution < -0.4 is 5.32 Å². The predicted molar refractivity (Wildman–Crippen MR) is 46.4 cm³/mol. The Morgan fingerprint density at radius 2 is 2.15 bits per heavy atom. The van der Waals surface area contributed by atoms with Crippen LogP contribution in [0.3, 0.4) is 0 Å². The number of rotatable bonds is 2. The lowest BCUT2D eigenvalue weighted by molar-refractivity contribution is 0.0470. The third-order valence-corrected chi connectivity index (χ3v) is 2.68. The van der Waals surface area contributed by atoms with Crippen molar-refractivity contribution in [1.82, 2.24) is 5.32 Å². The second-order valence-electron chi connectivity index (χ2n) is 3.70. The molecular weight excluding hydrogens is 170 g/mol. The van der Waals surface area contributed by atoms with E-state index in [2.05, 4.69) is 5.32 Å². The molecule has 2 aliphatic rings. The molecule has 4 heteroatoms. The van der Waals surface area contributed by atoms with E-state index in [1.807, 2.05) is 0 Å². The van der Waals surface area contributed by atoms with Crippen molar-refractivity contribution in [3.63, 3.8) is 0 Å². The van der Waals surface area contributed by atoms with E-state index < -0.39 is 0 Å². The summed E-state index contributed by atoms with van der Waals surface area (Å²) in [5.74, 6) is 0.673. The van der Waals surface area contributed by atoms with E-state index in [-0.39, 0.29) is 12.2 Å². The largest absolute Gasteiger partial charge is 0.444 e. The summed E-state index contributed by atoms with van der Waals surface area (Å²) in [6.07, 6.45) is 3.03. The number of nitrogens with one attached hydrogen (secondary N) is 1. The molecule has 1 N–H and O–H groups in total. The van der Waals surface area contributed by atoms with Crippen LogP contribution in [0.1, 0.15) is 19.3 Å². The molecule has 2 rings (SSSR count).